The zero-order valence-electron chi connectivity index (χ0n) is 9.30. The molecule has 80 valence electrons. The number of benzene rings is 1. The maximum absolute atomic E-state index is 4.57. The van der Waals surface area contributed by atoms with Crippen LogP contribution >= 0.6 is 0 Å². The van der Waals surface area contributed by atoms with Crippen LogP contribution in [0, 0.1) is 12.8 Å². The second-order valence-corrected chi connectivity index (χ2v) is 4.19. The van der Waals surface area contributed by atoms with Crippen LogP contribution in [0.25, 0.3) is 11.0 Å². The van der Waals surface area contributed by atoms with Crippen LogP contribution in [-0.2, 0) is 6.54 Å². The van der Waals surface area contributed by atoms with Crippen LogP contribution in [0.1, 0.15) is 5.82 Å². The minimum absolute atomic E-state index is 0.510. The van der Waals surface area contributed by atoms with Crippen molar-refractivity contribution in [1.82, 2.24) is 9.55 Å². The molecule has 0 atom stereocenters. The van der Waals surface area contributed by atoms with Gasteiger partial charge in [-0.05, 0) is 19.1 Å². The minimum atomic E-state index is 0.510. The molecule has 0 aliphatic heterocycles. The second kappa shape index (κ2) is 3.63. The van der Waals surface area contributed by atoms with Crippen molar-refractivity contribution in [2.75, 3.05) is 0 Å². The Morgan fingerprint density at radius 1 is 1.19 bits per heavy atom. The normalized spacial score (nSPS) is 15.3. The number of imidazole rings is 1. The second-order valence-electron chi connectivity index (χ2n) is 4.19. The van der Waals surface area contributed by atoms with Gasteiger partial charge in [0.2, 0.25) is 0 Å². The molecule has 3 rings (SSSR count). The zero-order valence-corrected chi connectivity index (χ0v) is 9.30. The highest BCUT2D eigenvalue weighted by Crippen LogP contribution is 2.19. The van der Waals surface area contributed by atoms with Crippen LogP contribution in [0.15, 0.2) is 48.6 Å². The SMILES string of the molecule is Cc1nc2ccccc2n1CC1C=CC=C1. The Morgan fingerprint density at radius 2 is 1.94 bits per heavy atom. The maximum Gasteiger partial charge on any atom is 0.106 e. The van der Waals surface area contributed by atoms with E-state index in [0.717, 1.165) is 17.9 Å². The number of nitrogens with zero attached hydrogens (tertiary/aromatic N) is 2. The summed E-state index contributed by atoms with van der Waals surface area (Å²) in [6.07, 6.45) is 8.68. The molecule has 1 heterocycles. The van der Waals surface area contributed by atoms with Crippen molar-refractivity contribution in [3.63, 3.8) is 0 Å². The molecule has 2 nitrogen and oxygen atoms in total. The van der Waals surface area contributed by atoms with Gasteiger partial charge in [-0.2, -0.15) is 0 Å². The number of rotatable bonds is 2. The molecular formula is C14H14N2. The first kappa shape index (κ1) is 9.40. The Morgan fingerprint density at radius 3 is 2.75 bits per heavy atom. The van der Waals surface area contributed by atoms with Crippen LogP contribution in [-0.4, -0.2) is 9.55 Å². The van der Waals surface area contributed by atoms with Gasteiger partial charge in [-0.15, -0.1) is 0 Å². The van der Waals surface area contributed by atoms with Gasteiger partial charge in [0.1, 0.15) is 5.82 Å². The number of aromatic nitrogens is 2. The molecule has 0 amide bonds. The Balaban J connectivity index is 2.04. The lowest BCUT2D eigenvalue weighted by Gasteiger charge is -2.09. The van der Waals surface area contributed by atoms with Gasteiger partial charge in [0.15, 0.2) is 0 Å². The zero-order chi connectivity index (χ0) is 11.0. The molecule has 1 aliphatic carbocycles. The molecule has 0 bridgehead atoms. The summed E-state index contributed by atoms with van der Waals surface area (Å²) >= 11 is 0. The van der Waals surface area contributed by atoms with E-state index in [0.29, 0.717) is 5.92 Å². The number of hydrogen-bond acceptors (Lipinski definition) is 1. The first-order valence-electron chi connectivity index (χ1n) is 5.61. The van der Waals surface area contributed by atoms with Crippen LogP contribution in [0.4, 0.5) is 0 Å². The summed E-state index contributed by atoms with van der Waals surface area (Å²) in [6, 6.07) is 8.31. The van der Waals surface area contributed by atoms with Crippen LogP contribution < -0.4 is 0 Å². The lowest BCUT2D eigenvalue weighted by molar-refractivity contribution is 0.618. The van der Waals surface area contributed by atoms with Crippen LogP contribution in [0.3, 0.4) is 0 Å². The van der Waals surface area contributed by atoms with Gasteiger partial charge in [0.05, 0.1) is 11.0 Å². The molecule has 0 fully saturated rings. The molecule has 1 aromatic heterocycles. The summed E-state index contributed by atoms with van der Waals surface area (Å²) in [6.45, 7) is 3.06. The van der Waals surface area contributed by atoms with Crippen molar-refractivity contribution in [3.05, 3.63) is 54.4 Å². The third-order valence-electron chi connectivity index (χ3n) is 3.07. The molecule has 0 spiro atoms. The standard InChI is InChI=1S/C14H14N2/c1-11-15-13-8-4-5-9-14(13)16(11)10-12-6-2-3-7-12/h2-9,12H,10H2,1H3. The first-order chi connectivity index (χ1) is 7.84. The van der Waals surface area contributed by atoms with Gasteiger partial charge in [-0.3, -0.25) is 0 Å². The molecule has 0 radical (unpaired) electrons. The van der Waals surface area contributed by atoms with E-state index in [1.807, 2.05) is 6.07 Å². The predicted octanol–water partition coefficient (Wildman–Crippen LogP) is 3.09. The number of fused-ring (bicyclic) bond motifs is 1. The largest absolute Gasteiger partial charge is 0.327 e. The number of para-hydroxylation sites is 2. The Hall–Kier alpha value is -1.83. The number of aryl methyl sites for hydroxylation is 1. The van der Waals surface area contributed by atoms with E-state index in [-0.39, 0.29) is 0 Å². The monoisotopic (exact) mass is 210 g/mol. The highest BCUT2D eigenvalue weighted by molar-refractivity contribution is 5.75. The van der Waals surface area contributed by atoms with Crippen molar-refractivity contribution < 1.29 is 0 Å². The molecule has 0 unspecified atom stereocenters. The van der Waals surface area contributed by atoms with Crippen molar-refractivity contribution in [1.29, 1.82) is 0 Å². The lowest BCUT2D eigenvalue weighted by Crippen LogP contribution is -2.06. The third kappa shape index (κ3) is 1.47. The molecular weight excluding hydrogens is 196 g/mol. The lowest BCUT2D eigenvalue weighted by atomic mass is 10.1. The summed E-state index contributed by atoms with van der Waals surface area (Å²) in [4.78, 5) is 4.57. The van der Waals surface area contributed by atoms with Gasteiger partial charge >= 0.3 is 0 Å². The van der Waals surface area contributed by atoms with Crippen molar-refractivity contribution in [3.8, 4) is 0 Å². The van der Waals surface area contributed by atoms with Gasteiger partial charge in [0.25, 0.3) is 0 Å². The Kier molecular flexibility index (Phi) is 2.13. The van der Waals surface area contributed by atoms with Crippen molar-refractivity contribution in [2.24, 2.45) is 5.92 Å². The molecule has 0 saturated carbocycles. The van der Waals surface area contributed by atoms with Gasteiger partial charge in [-0.25, -0.2) is 4.98 Å². The molecule has 2 aromatic rings. The average molecular weight is 210 g/mol. The summed E-state index contributed by atoms with van der Waals surface area (Å²) in [5.74, 6) is 1.60. The molecule has 2 heteroatoms. The van der Waals surface area contributed by atoms with E-state index in [2.05, 4.69) is 59.0 Å². The van der Waals surface area contributed by atoms with Crippen LogP contribution in [0.2, 0.25) is 0 Å². The fourth-order valence-corrected chi connectivity index (χ4v) is 2.24. The van der Waals surface area contributed by atoms with E-state index in [1.54, 1.807) is 0 Å². The van der Waals surface area contributed by atoms with E-state index < -0.39 is 0 Å². The fraction of sp³-hybridized carbons (Fsp3) is 0.214. The first-order valence-corrected chi connectivity index (χ1v) is 5.61. The van der Waals surface area contributed by atoms with Crippen molar-refractivity contribution >= 4 is 11.0 Å². The summed E-state index contributed by atoms with van der Waals surface area (Å²) in [5.41, 5.74) is 2.32. The number of hydrogen-bond donors (Lipinski definition) is 0. The van der Waals surface area contributed by atoms with E-state index >= 15 is 0 Å². The molecule has 1 aromatic carbocycles. The average Bonchev–Trinajstić information content (AvgIpc) is 2.89. The quantitative estimate of drug-likeness (QED) is 0.744. The third-order valence-corrected chi connectivity index (χ3v) is 3.07. The van der Waals surface area contributed by atoms with Crippen molar-refractivity contribution in [2.45, 2.75) is 13.5 Å². The van der Waals surface area contributed by atoms with Gasteiger partial charge in [0, 0.05) is 12.5 Å². The highest BCUT2D eigenvalue weighted by atomic mass is 15.1. The van der Waals surface area contributed by atoms with E-state index in [1.165, 1.54) is 5.52 Å². The summed E-state index contributed by atoms with van der Waals surface area (Å²) < 4.78 is 2.29. The van der Waals surface area contributed by atoms with Gasteiger partial charge in [-0.1, -0.05) is 36.4 Å². The van der Waals surface area contributed by atoms with E-state index in [4.69, 9.17) is 0 Å². The molecule has 0 N–H and O–H groups in total. The van der Waals surface area contributed by atoms with E-state index in [9.17, 15) is 0 Å². The fourth-order valence-electron chi connectivity index (χ4n) is 2.24. The molecule has 0 saturated heterocycles. The Bertz CT molecular complexity index is 563. The molecule has 1 aliphatic rings. The summed E-state index contributed by atoms with van der Waals surface area (Å²) in [5, 5.41) is 0. The topological polar surface area (TPSA) is 17.8 Å². The highest BCUT2D eigenvalue weighted by Gasteiger charge is 2.10. The minimum Gasteiger partial charge on any atom is -0.327 e. The number of allylic oxidation sites excluding steroid dienone is 4. The molecule has 16 heavy (non-hydrogen) atoms. The van der Waals surface area contributed by atoms with Gasteiger partial charge < -0.3 is 4.57 Å². The maximum atomic E-state index is 4.57. The van der Waals surface area contributed by atoms with Crippen LogP contribution in [0.5, 0.6) is 0 Å². The smallest absolute Gasteiger partial charge is 0.106 e. The Labute approximate surface area is 94.9 Å². The predicted molar refractivity (Wildman–Crippen MR) is 66.2 cm³/mol. The summed E-state index contributed by atoms with van der Waals surface area (Å²) in [7, 11) is 0.